The van der Waals surface area contributed by atoms with Crippen molar-refractivity contribution in [2.45, 2.75) is 19.0 Å². The first-order chi connectivity index (χ1) is 13.3. The fourth-order valence-corrected chi connectivity index (χ4v) is 3.18. The molecule has 1 saturated heterocycles. The fraction of sp³-hybridized carbons (Fsp3) is 0.381. The van der Waals surface area contributed by atoms with Gasteiger partial charge in [0.2, 0.25) is 0 Å². The molecule has 0 radical (unpaired) electrons. The summed E-state index contributed by atoms with van der Waals surface area (Å²) in [6.07, 6.45) is -2.03. The zero-order valence-corrected chi connectivity index (χ0v) is 15.7. The summed E-state index contributed by atoms with van der Waals surface area (Å²) in [7, 11) is 1.75. The Kier molecular flexibility index (Phi) is 6.24. The normalized spacial score (nSPS) is 14.9. The van der Waals surface area contributed by atoms with Crippen molar-refractivity contribution in [3.8, 4) is 11.5 Å². The van der Waals surface area contributed by atoms with Gasteiger partial charge in [0.05, 0.1) is 5.56 Å². The Morgan fingerprint density at radius 3 is 2.39 bits per heavy atom. The molecule has 0 aromatic heterocycles. The van der Waals surface area contributed by atoms with Crippen LogP contribution in [-0.2, 0) is 6.18 Å². The van der Waals surface area contributed by atoms with Crippen LogP contribution in [0.2, 0.25) is 0 Å². The predicted octanol–water partition coefficient (Wildman–Crippen LogP) is 4.67. The van der Waals surface area contributed by atoms with Crippen molar-refractivity contribution in [1.82, 2.24) is 9.80 Å². The molecule has 7 heteroatoms. The number of carbonyl (C=O) groups is 1. The van der Waals surface area contributed by atoms with Crippen LogP contribution in [0.15, 0.2) is 48.5 Å². The van der Waals surface area contributed by atoms with E-state index in [1.807, 2.05) is 0 Å². The first kappa shape index (κ1) is 20.2. The van der Waals surface area contributed by atoms with E-state index in [-0.39, 0.29) is 11.7 Å². The van der Waals surface area contributed by atoms with Gasteiger partial charge in [-0.05, 0) is 62.3 Å². The molecule has 28 heavy (non-hydrogen) atoms. The number of halogens is 3. The number of benzene rings is 2. The van der Waals surface area contributed by atoms with Crippen LogP contribution in [-0.4, -0.2) is 48.9 Å². The van der Waals surface area contributed by atoms with Gasteiger partial charge in [0.15, 0.2) is 0 Å². The maximum atomic E-state index is 12.8. The van der Waals surface area contributed by atoms with Crippen molar-refractivity contribution in [3.05, 3.63) is 59.7 Å². The van der Waals surface area contributed by atoms with Crippen LogP contribution in [0.4, 0.5) is 13.2 Å². The van der Waals surface area contributed by atoms with Crippen LogP contribution < -0.4 is 4.74 Å². The lowest BCUT2D eigenvalue weighted by atomic mass is 10.2. The second kappa shape index (κ2) is 8.65. The number of likely N-dealkylation sites (tertiary alicyclic amines) is 1. The quantitative estimate of drug-likeness (QED) is 0.717. The van der Waals surface area contributed by atoms with Crippen molar-refractivity contribution < 1.29 is 22.7 Å². The van der Waals surface area contributed by atoms with Crippen LogP contribution in [0.25, 0.3) is 0 Å². The largest absolute Gasteiger partial charge is 0.457 e. The van der Waals surface area contributed by atoms with Gasteiger partial charge in [-0.2, -0.15) is 13.2 Å². The van der Waals surface area contributed by atoms with Crippen molar-refractivity contribution in [2.24, 2.45) is 0 Å². The number of amides is 1. The third-order valence-corrected chi connectivity index (χ3v) is 4.78. The molecule has 0 aliphatic carbocycles. The summed E-state index contributed by atoms with van der Waals surface area (Å²) in [4.78, 5) is 16.6. The number of likely N-dealkylation sites (N-methyl/N-ethyl adjacent to an activating group) is 1. The number of alkyl halides is 3. The Morgan fingerprint density at radius 1 is 1.07 bits per heavy atom. The molecule has 0 spiro atoms. The topological polar surface area (TPSA) is 32.8 Å². The van der Waals surface area contributed by atoms with Crippen molar-refractivity contribution in [3.63, 3.8) is 0 Å². The Bertz CT molecular complexity index is 817. The number of carbonyl (C=O) groups excluding carboxylic acids is 1. The first-order valence-electron chi connectivity index (χ1n) is 9.26. The highest BCUT2D eigenvalue weighted by molar-refractivity contribution is 5.94. The number of nitrogens with zero attached hydrogens (tertiary/aromatic N) is 2. The van der Waals surface area contributed by atoms with Crippen LogP contribution in [0.3, 0.4) is 0 Å². The number of ether oxygens (including phenoxy) is 1. The average molecular weight is 392 g/mol. The van der Waals surface area contributed by atoms with Gasteiger partial charge < -0.3 is 14.5 Å². The van der Waals surface area contributed by atoms with E-state index in [1.54, 1.807) is 36.2 Å². The van der Waals surface area contributed by atoms with E-state index in [9.17, 15) is 18.0 Å². The lowest BCUT2D eigenvalue weighted by Gasteiger charge is -2.21. The van der Waals surface area contributed by atoms with Gasteiger partial charge in [-0.15, -0.1) is 0 Å². The maximum Gasteiger partial charge on any atom is 0.416 e. The Morgan fingerprint density at radius 2 is 1.71 bits per heavy atom. The zero-order chi connectivity index (χ0) is 20.1. The van der Waals surface area contributed by atoms with Gasteiger partial charge in [0.25, 0.3) is 5.91 Å². The molecule has 0 N–H and O–H groups in total. The van der Waals surface area contributed by atoms with E-state index in [0.717, 1.165) is 31.8 Å². The van der Waals surface area contributed by atoms with E-state index < -0.39 is 11.7 Å². The van der Waals surface area contributed by atoms with E-state index in [0.29, 0.717) is 17.9 Å². The summed E-state index contributed by atoms with van der Waals surface area (Å²) in [5.41, 5.74) is -0.340. The molecule has 1 aliphatic rings. The standard InChI is InChI=1S/C21H23F3N2O2/c1-25(12-13-26-10-2-3-11-26)20(27)16-6-4-8-18(14-16)28-19-9-5-7-17(15-19)21(22,23)24/h4-9,14-15H,2-3,10-13H2,1H3. The summed E-state index contributed by atoms with van der Waals surface area (Å²) in [6.45, 7) is 3.60. The van der Waals surface area contributed by atoms with Gasteiger partial charge >= 0.3 is 6.18 Å². The molecule has 2 aromatic carbocycles. The molecule has 1 heterocycles. The molecule has 0 unspecified atom stereocenters. The minimum Gasteiger partial charge on any atom is -0.457 e. The SMILES string of the molecule is CN(CCN1CCCC1)C(=O)c1cccc(Oc2cccc(C(F)(F)F)c2)c1. The van der Waals surface area contributed by atoms with E-state index in [2.05, 4.69) is 4.90 Å². The van der Waals surface area contributed by atoms with Crippen LogP contribution in [0.1, 0.15) is 28.8 Å². The Labute approximate surface area is 162 Å². The molecular weight excluding hydrogens is 369 g/mol. The number of hydrogen-bond donors (Lipinski definition) is 0. The second-order valence-electron chi connectivity index (χ2n) is 6.93. The van der Waals surface area contributed by atoms with Crippen molar-refractivity contribution in [2.75, 3.05) is 33.2 Å². The molecule has 1 fully saturated rings. The zero-order valence-electron chi connectivity index (χ0n) is 15.7. The lowest BCUT2D eigenvalue weighted by Crippen LogP contribution is -2.35. The molecule has 4 nitrogen and oxygen atoms in total. The van der Waals surface area contributed by atoms with E-state index in [1.165, 1.54) is 25.0 Å². The summed E-state index contributed by atoms with van der Waals surface area (Å²) in [5, 5.41) is 0. The molecule has 150 valence electrons. The van der Waals surface area contributed by atoms with Crippen LogP contribution in [0.5, 0.6) is 11.5 Å². The molecule has 1 aliphatic heterocycles. The highest BCUT2D eigenvalue weighted by Crippen LogP contribution is 2.32. The molecule has 2 aromatic rings. The summed E-state index contributed by atoms with van der Waals surface area (Å²) >= 11 is 0. The molecule has 1 amide bonds. The van der Waals surface area contributed by atoms with Gasteiger partial charge in [-0.3, -0.25) is 4.79 Å². The van der Waals surface area contributed by atoms with Gasteiger partial charge in [-0.1, -0.05) is 12.1 Å². The highest BCUT2D eigenvalue weighted by Gasteiger charge is 2.30. The molecule has 0 bridgehead atoms. The van der Waals surface area contributed by atoms with E-state index >= 15 is 0 Å². The average Bonchev–Trinajstić information content (AvgIpc) is 3.19. The highest BCUT2D eigenvalue weighted by atomic mass is 19.4. The summed E-state index contributed by atoms with van der Waals surface area (Å²) in [6, 6.07) is 11.2. The maximum absolute atomic E-state index is 12.8. The van der Waals surface area contributed by atoms with Crippen LogP contribution in [0, 0.1) is 0 Å². The molecule has 0 saturated carbocycles. The second-order valence-corrected chi connectivity index (χ2v) is 6.93. The monoisotopic (exact) mass is 392 g/mol. The van der Waals surface area contributed by atoms with Crippen molar-refractivity contribution >= 4 is 5.91 Å². The fourth-order valence-electron chi connectivity index (χ4n) is 3.18. The van der Waals surface area contributed by atoms with Gasteiger partial charge in [0.1, 0.15) is 11.5 Å². The number of hydrogen-bond acceptors (Lipinski definition) is 3. The molecular formula is C21H23F3N2O2. The van der Waals surface area contributed by atoms with Gasteiger partial charge in [0, 0.05) is 25.7 Å². The summed E-state index contributed by atoms with van der Waals surface area (Å²) < 4.78 is 44.1. The Balaban J connectivity index is 1.65. The predicted molar refractivity (Wildman–Crippen MR) is 101 cm³/mol. The third kappa shape index (κ3) is 5.25. The first-order valence-corrected chi connectivity index (χ1v) is 9.26. The molecule has 0 atom stereocenters. The minimum atomic E-state index is -4.44. The smallest absolute Gasteiger partial charge is 0.416 e. The number of rotatable bonds is 6. The van der Waals surface area contributed by atoms with E-state index in [4.69, 9.17) is 4.74 Å². The van der Waals surface area contributed by atoms with Crippen LogP contribution >= 0.6 is 0 Å². The minimum absolute atomic E-state index is 0.0711. The van der Waals surface area contributed by atoms with Gasteiger partial charge in [-0.25, -0.2) is 0 Å². The lowest BCUT2D eigenvalue weighted by molar-refractivity contribution is -0.137. The van der Waals surface area contributed by atoms with Crippen molar-refractivity contribution in [1.29, 1.82) is 0 Å². The third-order valence-electron chi connectivity index (χ3n) is 4.78. The summed E-state index contributed by atoms with van der Waals surface area (Å²) in [5.74, 6) is 0.244. The molecule has 3 rings (SSSR count). The Hall–Kier alpha value is -2.54.